The van der Waals surface area contributed by atoms with Gasteiger partial charge in [0, 0.05) is 35.5 Å². The van der Waals surface area contributed by atoms with Gasteiger partial charge in [-0.2, -0.15) is 13.2 Å². The molecule has 0 unspecified atom stereocenters. The van der Waals surface area contributed by atoms with E-state index in [1.165, 1.54) is 4.57 Å². The molecule has 5 rings (SSSR count). The number of aliphatic carboxylic acids is 1. The molecule has 1 amide bonds. The molecular weight excluding hydrogens is 553 g/mol. The first-order valence-corrected chi connectivity index (χ1v) is 12.5. The van der Waals surface area contributed by atoms with Gasteiger partial charge >= 0.3 is 12.1 Å². The molecule has 4 N–H and O–H groups in total. The number of rotatable bonds is 8. The van der Waals surface area contributed by atoms with Crippen LogP contribution < -0.4 is 16.2 Å². The van der Waals surface area contributed by atoms with Crippen molar-refractivity contribution in [3.8, 4) is 11.3 Å². The summed E-state index contributed by atoms with van der Waals surface area (Å²) >= 11 is 0. The van der Waals surface area contributed by atoms with Gasteiger partial charge in [0.25, 0.3) is 5.56 Å². The van der Waals surface area contributed by atoms with Crippen molar-refractivity contribution in [2.75, 3.05) is 5.32 Å². The lowest BCUT2D eigenvalue weighted by Crippen LogP contribution is -2.34. The van der Waals surface area contributed by atoms with Crippen molar-refractivity contribution < 1.29 is 27.9 Å². The average molecular weight is 579 g/mol. The van der Waals surface area contributed by atoms with E-state index in [0.29, 0.717) is 18.8 Å². The molecule has 5 aromatic rings. The van der Waals surface area contributed by atoms with E-state index in [-0.39, 0.29) is 23.8 Å². The van der Waals surface area contributed by atoms with Crippen LogP contribution in [0.3, 0.4) is 0 Å². The molecule has 0 aliphatic heterocycles. The third-order valence-corrected chi connectivity index (χ3v) is 5.92. The van der Waals surface area contributed by atoms with Gasteiger partial charge in [0.15, 0.2) is 5.82 Å². The van der Waals surface area contributed by atoms with Crippen LogP contribution in [0.25, 0.3) is 22.2 Å². The lowest BCUT2D eigenvalue weighted by molar-refractivity contribution is -0.192. The highest BCUT2D eigenvalue weighted by atomic mass is 19.4. The number of anilines is 1. The van der Waals surface area contributed by atoms with Crippen LogP contribution in [-0.2, 0) is 29.2 Å². The van der Waals surface area contributed by atoms with E-state index in [2.05, 4.69) is 25.6 Å². The first-order chi connectivity index (χ1) is 20.1. The number of carboxylic acid groups (broad SMARTS) is 1. The summed E-state index contributed by atoms with van der Waals surface area (Å²) in [5.74, 6) is -2.83. The van der Waals surface area contributed by atoms with Gasteiger partial charge in [0.1, 0.15) is 6.54 Å². The maximum atomic E-state index is 13.4. The molecule has 0 aliphatic carbocycles. The van der Waals surface area contributed by atoms with Gasteiger partial charge in [-0.25, -0.2) is 9.78 Å². The number of nitrogens with one attached hydrogen (secondary N) is 3. The minimum absolute atomic E-state index is 0.132. The molecule has 216 valence electrons. The number of aromatic amines is 1. The number of halogens is 3. The number of carbonyl (C=O) groups excluding carboxylic acids is 1. The normalized spacial score (nSPS) is 10.9. The summed E-state index contributed by atoms with van der Waals surface area (Å²) in [5.41, 5.74) is 3.87. The molecule has 0 spiro atoms. The van der Waals surface area contributed by atoms with Crippen LogP contribution in [0.5, 0.6) is 0 Å². The fraction of sp³-hybridized carbons (Fsp3) is 0.138. The molecule has 10 nitrogen and oxygen atoms in total. The van der Waals surface area contributed by atoms with Crippen LogP contribution in [0.15, 0.2) is 96.2 Å². The molecule has 0 saturated heterocycles. The van der Waals surface area contributed by atoms with Crippen molar-refractivity contribution in [3.05, 3.63) is 113 Å². The van der Waals surface area contributed by atoms with E-state index in [0.717, 1.165) is 27.7 Å². The fourth-order valence-electron chi connectivity index (χ4n) is 3.91. The lowest BCUT2D eigenvalue weighted by atomic mass is 10.1. The van der Waals surface area contributed by atoms with Gasteiger partial charge in [-0.15, -0.1) is 0 Å². The van der Waals surface area contributed by atoms with E-state index in [1.54, 1.807) is 18.6 Å². The molecule has 3 aromatic heterocycles. The second kappa shape index (κ2) is 13.3. The predicted molar refractivity (Wildman–Crippen MR) is 149 cm³/mol. The van der Waals surface area contributed by atoms with Crippen molar-refractivity contribution >= 4 is 28.6 Å². The second-order valence-corrected chi connectivity index (χ2v) is 8.93. The number of carbonyl (C=O) groups is 2. The van der Waals surface area contributed by atoms with Crippen LogP contribution in [0.1, 0.15) is 11.3 Å². The fourth-order valence-corrected chi connectivity index (χ4v) is 3.91. The summed E-state index contributed by atoms with van der Waals surface area (Å²) in [6.07, 6.45) is 0.0252. The highest BCUT2D eigenvalue weighted by Gasteiger charge is 2.38. The molecule has 13 heteroatoms. The summed E-state index contributed by atoms with van der Waals surface area (Å²) in [6, 6.07) is 23.0. The van der Waals surface area contributed by atoms with E-state index in [1.807, 2.05) is 72.8 Å². The SMILES string of the molecule is O=C(Cn1c(-c2ccccc2)cnc(NCc2ccccc2)c1=O)NCc1cc2cnccc2[nH]1.O=C(O)C(F)(F)F. The topological polar surface area (TPSA) is 142 Å². The number of amides is 1. The van der Waals surface area contributed by atoms with Gasteiger partial charge < -0.3 is 20.7 Å². The van der Waals surface area contributed by atoms with Crippen LogP contribution in [0.2, 0.25) is 0 Å². The Morgan fingerprint density at radius 2 is 1.62 bits per heavy atom. The molecule has 42 heavy (non-hydrogen) atoms. The zero-order chi connectivity index (χ0) is 30.1. The van der Waals surface area contributed by atoms with Crippen molar-refractivity contribution in [2.45, 2.75) is 25.8 Å². The van der Waals surface area contributed by atoms with E-state index >= 15 is 0 Å². The molecule has 0 saturated carbocycles. The molecule has 0 fully saturated rings. The number of hydrogen-bond acceptors (Lipinski definition) is 6. The van der Waals surface area contributed by atoms with Gasteiger partial charge in [-0.05, 0) is 23.3 Å². The first-order valence-electron chi connectivity index (χ1n) is 12.5. The van der Waals surface area contributed by atoms with Gasteiger partial charge in [0.05, 0.1) is 18.4 Å². The van der Waals surface area contributed by atoms with Crippen molar-refractivity contribution in [1.82, 2.24) is 24.8 Å². The Bertz CT molecular complexity index is 1690. The minimum Gasteiger partial charge on any atom is -0.475 e. The van der Waals surface area contributed by atoms with E-state index in [4.69, 9.17) is 9.90 Å². The van der Waals surface area contributed by atoms with Gasteiger partial charge in [-0.3, -0.25) is 19.1 Å². The zero-order valence-electron chi connectivity index (χ0n) is 21.9. The van der Waals surface area contributed by atoms with Crippen LogP contribution >= 0.6 is 0 Å². The van der Waals surface area contributed by atoms with E-state index < -0.39 is 12.1 Å². The Labute approximate surface area is 236 Å². The third kappa shape index (κ3) is 7.81. The standard InChI is InChI=1S/C27H24N6O2.C2HF3O2/c34-25(29-16-22-13-21-15-28-12-11-23(21)32-22)18-33-24(20-9-5-2-6-10-20)17-31-26(27(33)35)30-14-19-7-3-1-4-8-19;3-2(4,5)1(6)7/h1-13,15,17,32H,14,16,18H2,(H,29,34)(H,30,31);(H,6,7). The summed E-state index contributed by atoms with van der Waals surface area (Å²) in [5, 5.41) is 14.1. The van der Waals surface area contributed by atoms with E-state index in [9.17, 15) is 22.8 Å². The Morgan fingerprint density at radius 1 is 0.952 bits per heavy atom. The smallest absolute Gasteiger partial charge is 0.475 e. The quantitative estimate of drug-likeness (QED) is 0.215. The summed E-state index contributed by atoms with van der Waals surface area (Å²) in [6.45, 7) is 0.635. The largest absolute Gasteiger partial charge is 0.490 e. The highest BCUT2D eigenvalue weighted by Crippen LogP contribution is 2.18. The Kier molecular flexibility index (Phi) is 9.32. The Morgan fingerprint density at radius 3 is 2.26 bits per heavy atom. The minimum atomic E-state index is -5.08. The molecular formula is C29H25F3N6O4. The van der Waals surface area contributed by atoms with Gasteiger partial charge in [-0.1, -0.05) is 60.7 Å². The molecule has 0 aliphatic rings. The Balaban J connectivity index is 0.000000517. The molecule has 0 bridgehead atoms. The number of fused-ring (bicyclic) bond motifs is 1. The van der Waals surface area contributed by atoms with Crippen LogP contribution in [0.4, 0.5) is 19.0 Å². The number of H-pyrrole nitrogens is 1. The summed E-state index contributed by atoms with van der Waals surface area (Å²) < 4.78 is 33.2. The highest BCUT2D eigenvalue weighted by molar-refractivity contribution is 5.80. The van der Waals surface area contributed by atoms with Crippen LogP contribution in [-0.4, -0.2) is 42.7 Å². The maximum absolute atomic E-state index is 13.4. The predicted octanol–water partition coefficient (Wildman–Crippen LogP) is 4.35. The monoisotopic (exact) mass is 578 g/mol. The molecule has 2 aromatic carbocycles. The van der Waals surface area contributed by atoms with Crippen LogP contribution in [0, 0.1) is 0 Å². The lowest BCUT2D eigenvalue weighted by Gasteiger charge is -2.15. The maximum Gasteiger partial charge on any atom is 0.490 e. The average Bonchev–Trinajstić information content (AvgIpc) is 3.40. The number of aromatic nitrogens is 4. The number of pyridine rings is 1. The number of alkyl halides is 3. The summed E-state index contributed by atoms with van der Waals surface area (Å²) in [7, 11) is 0. The number of hydrogen-bond donors (Lipinski definition) is 4. The third-order valence-electron chi connectivity index (χ3n) is 5.92. The van der Waals surface area contributed by atoms with Crippen molar-refractivity contribution in [2.24, 2.45) is 0 Å². The Hall–Kier alpha value is -5.46. The molecule has 0 radical (unpaired) electrons. The molecule has 0 atom stereocenters. The number of carboxylic acids is 1. The van der Waals surface area contributed by atoms with Crippen molar-refractivity contribution in [1.29, 1.82) is 0 Å². The second-order valence-electron chi connectivity index (χ2n) is 8.93. The molecule has 3 heterocycles. The first kappa shape index (κ1) is 29.5. The number of benzene rings is 2. The summed E-state index contributed by atoms with van der Waals surface area (Å²) in [4.78, 5) is 46.9. The van der Waals surface area contributed by atoms with Crippen molar-refractivity contribution in [3.63, 3.8) is 0 Å². The zero-order valence-corrected chi connectivity index (χ0v) is 21.9. The van der Waals surface area contributed by atoms with Gasteiger partial charge in [0.2, 0.25) is 5.91 Å². The number of nitrogens with zero attached hydrogens (tertiary/aromatic N) is 3.